The van der Waals surface area contributed by atoms with E-state index in [1.807, 2.05) is 12.1 Å². The highest BCUT2D eigenvalue weighted by Crippen LogP contribution is 2.26. The summed E-state index contributed by atoms with van der Waals surface area (Å²) in [6.45, 7) is 1.68. The number of allylic oxidation sites excluding steroid dienone is 1. The zero-order valence-electron chi connectivity index (χ0n) is 11.5. The Morgan fingerprint density at radius 1 is 1.43 bits per heavy atom. The number of ketones is 1. The highest BCUT2D eigenvalue weighted by Gasteiger charge is 2.17. The van der Waals surface area contributed by atoms with E-state index in [0.29, 0.717) is 22.6 Å². The van der Waals surface area contributed by atoms with Crippen LogP contribution >= 0.6 is 15.9 Å². The number of halogens is 1. The van der Waals surface area contributed by atoms with E-state index >= 15 is 0 Å². The van der Waals surface area contributed by atoms with Crippen LogP contribution in [0.2, 0.25) is 0 Å². The zero-order chi connectivity index (χ0) is 15.4. The third kappa shape index (κ3) is 3.23. The Bertz CT molecular complexity index is 753. The van der Waals surface area contributed by atoms with Crippen molar-refractivity contribution in [2.24, 2.45) is 0 Å². The minimum Gasteiger partial charge on any atom is -0.496 e. The summed E-state index contributed by atoms with van der Waals surface area (Å²) in [4.78, 5) is 12.3. The summed E-state index contributed by atoms with van der Waals surface area (Å²) in [7, 11) is 1.54. The van der Waals surface area contributed by atoms with E-state index in [2.05, 4.69) is 15.9 Å². The number of carbonyl (C=O) groups excluding carboxylic acids is 1. The molecule has 0 saturated carbocycles. The van der Waals surface area contributed by atoms with Crippen molar-refractivity contribution in [1.29, 1.82) is 5.26 Å². The van der Waals surface area contributed by atoms with Crippen molar-refractivity contribution in [2.45, 2.75) is 6.92 Å². The van der Waals surface area contributed by atoms with E-state index in [9.17, 15) is 10.1 Å². The minimum atomic E-state index is -0.370. The summed E-state index contributed by atoms with van der Waals surface area (Å²) in [5.74, 6) is 0.704. The number of nitriles is 1. The number of hydrogen-bond acceptors (Lipinski definition) is 4. The van der Waals surface area contributed by atoms with Gasteiger partial charge in [-0.15, -0.1) is 0 Å². The van der Waals surface area contributed by atoms with E-state index in [1.165, 1.54) is 19.4 Å². The van der Waals surface area contributed by atoms with Crippen molar-refractivity contribution in [2.75, 3.05) is 7.11 Å². The molecular formula is C16H12BrNO3. The van der Waals surface area contributed by atoms with E-state index in [0.717, 1.165) is 4.47 Å². The van der Waals surface area contributed by atoms with Gasteiger partial charge in [-0.3, -0.25) is 4.79 Å². The normalized spacial score (nSPS) is 11.0. The van der Waals surface area contributed by atoms with E-state index in [-0.39, 0.29) is 11.4 Å². The largest absolute Gasteiger partial charge is 0.496 e. The molecule has 5 heteroatoms. The molecule has 0 bridgehead atoms. The van der Waals surface area contributed by atoms with Crippen molar-refractivity contribution >= 4 is 27.8 Å². The summed E-state index contributed by atoms with van der Waals surface area (Å²) >= 11 is 3.36. The van der Waals surface area contributed by atoms with E-state index in [1.54, 1.807) is 25.1 Å². The maximum atomic E-state index is 12.3. The number of Topliss-reactive ketones (excluding diaryl/α,β-unsaturated/α-hetero) is 1. The molecule has 0 N–H and O–H groups in total. The summed E-state index contributed by atoms with van der Waals surface area (Å²) in [6.07, 6.45) is 2.94. The molecule has 2 rings (SSSR count). The van der Waals surface area contributed by atoms with Crippen molar-refractivity contribution in [1.82, 2.24) is 0 Å². The van der Waals surface area contributed by atoms with Crippen LogP contribution in [0.25, 0.3) is 6.08 Å². The number of benzene rings is 1. The van der Waals surface area contributed by atoms with Crippen LogP contribution in [0.4, 0.5) is 0 Å². The molecule has 0 atom stereocenters. The maximum Gasteiger partial charge on any atom is 0.207 e. The van der Waals surface area contributed by atoms with Gasteiger partial charge in [0.25, 0.3) is 0 Å². The second-order valence-electron chi connectivity index (χ2n) is 4.28. The third-order valence-electron chi connectivity index (χ3n) is 2.96. The first-order valence-corrected chi connectivity index (χ1v) is 6.90. The molecule has 0 aliphatic heterocycles. The van der Waals surface area contributed by atoms with Gasteiger partial charge in [0, 0.05) is 10.0 Å². The van der Waals surface area contributed by atoms with Gasteiger partial charge in [-0.1, -0.05) is 15.9 Å². The van der Waals surface area contributed by atoms with Crippen molar-refractivity contribution < 1.29 is 13.9 Å². The van der Waals surface area contributed by atoms with Gasteiger partial charge >= 0.3 is 0 Å². The van der Waals surface area contributed by atoms with Crippen LogP contribution in [0.5, 0.6) is 5.75 Å². The molecular weight excluding hydrogens is 334 g/mol. The van der Waals surface area contributed by atoms with Gasteiger partial charge in [-0.2, -0.15) is 5.26 Å². The van der Waals surface area contributed by atoms with Crippen LogP contribution in [-0.4, -0.2) is 12.9 Å². The van der Waals surface area contributed by atoms with Gasteiger partial charge in [-0.05, 0) is 37.3 Å². The average molecular weight is 346 g/mol. The number of nitrogens with zero attached hydrogens (tertiary/aromatic N) is 1. The predicted octanol–water partition coefficient (Wildman–Crippen LogP) is 4.15. The molecule has 4 nitrogen and oxygen atoms in total. The minimum absolute atomic E-state index is 0.0240. The van der Waals surface area contributed by atoms with Crippen LogP contribution < -0.4 is 4.74 Å². The van der Waals surface area contributed by atoms with Gasteiger partial charge in [0.2, 0.25) is 5.78 Å². The highest BCUT2D eigenvalue weighted by atomic mass is 79.9. The van der Waals surface area contributed by atoms with Gasteiger partial charge in [0.15, 0.2) is 0 Å². The fourth-order valence-corrected chi connectivity index (χ4v) is 2.27. The zero-order valence-corrected chi connectivity index (χ0v) is 13.1. The lowest BCUT2D eigenvalue weighted by Crippen LogP contribution is -2.02. The smallest absolute Gasteiger partial charge is 0.207 e. The SMILES string of the molecule is COc1ccc(Br)cc1/C=C(\C#N)C(=O)c1ccoc1C. The lowest BCUT2D eigenvalue weighted by atomic mass is 10.0. The molecule has 0 aliphatic rings. The fraction of sp³-hybridized carbons (Fsp3) is 0.125. The maximum absolute atomic E-state index is 12.3. The molecule has 21 heavy (non-hydrogen) atoms. The molecule has 1 aromatic carbocycles. The number of ether oxygens (including phenoxy) is 1. The van der Waals surface area contributed by atoms with Crippen molar-refractivity contribution in [3.05, 3.63) is 57.5 Å². The fourth-order valence-electron chi connectivity index (χ4n) is 1.89. The second kappa shape index (κ2) is 6.42. The van der Waals surface area contributed by atoms with Gasteiger partial charge in [0.05, 0.1) is 18.9 Å². The number of aryl methyl sites for hydroxylation is 1. The molecule has 1 heterocycles. The number of methoxy groups -OCH3 is 1. The van der Waals surface area contributed by atoms with E-state index < -0.39 is 0 Å². The molecule has 0 amide bonds. The molecule has 0 saturated heterocycles. The lowest BCUT2D eigenvalue weighted by molar-refractivity contribution is 0.103. The Labute approximate surface area is 130 Å². The summed E-state index contributed by atoms with van der Waals surface area (Å²) in [5, 5.41) is 9.26. The van der Waals surface area contributed by atoms with Crippen molar-refractivity contribution in [3.8, 4) is 11.8 Å². The monoisotopic (exact) mass is 345 g/mol. The Balaban J connectivity index is 2.47. The van der Waals surface area contributed by atoms with E-state index in [4.69, 9.17) is 9.15 Å². The summed E-state index contributed by atoms with van der Waals surface area (Å²) in [5.41, 5.74) is 1.06. The van der Waals surface area contributed by atoms with Gasteiger partial charge in [0.1, 0.15) is 23.2 Å². The summed E-state index contributed by atoms with van der Waals surface area (Å²) in [6, 6.07) is 8.86. The van der Waals surface area contributed by atoms with Crippen molar-refractivity contribution in [3.63, 3.8) is 0 Å². The van der Waals surface area contributed by atoms with Gasteiger partial charge < -0.3 is 9.15 Å². The predicted molar refractivity (Wildman–Crippen MR) is 82.1 cm³/mol. The van der Waals surface area contributed by atoms with Gasteiger partial charge in [-0.25, -0.2) is 0 Å². The molecule has 0 spiro atoms. The number of hydrogen-bond donors (Lipinski definition) is 0. The molecule has 1 aromatic heterocycles. The first-order valence-electron chi connectivity index (χ1n) is 6.11. The van der Waals surface area contributed by atoms with Crippen LogP contribution in [0.15, 0.2) is 45.0 Å². The molecule has 0 unspecified atom stereocenters. The van der Waals surface area contributed by atoms with Crippen LogP contribution in [0, 0.1) is 18.3 Å². The van der Waals surface area contributed by atoms with Crippen LogP contribution in [0.3, 0.4) is 0 Å². The first kappa shape index (κ1) is 15.1. The van der Waals surface area contributed by atoms with Crippen LogP contribution in [0.1, 0.15) is 21.7 Å². The third-order valence-corrected chi connectivity index (χ3v) is 3.45. The average Bonchev–Trinajstić information content (AvgIpc) is 2.90. The van der Waals surface area contributed by atoms with Crippen LogP contribution in [-0.2, 0) is 0 Å². The quantitative estimate of drug-likeness (QED) is 0.474. The Morgan fingerprint density at radius 2 is 2.19 bits per heavy atom. The Hall–Kier alpha value is -2.32. The molecule has 0 fully saturated rings. The molecule has 2 aromatic rings. The number of furan rings is 1. The second-order valence-corrected chi connectivity index (χ2v) is 5.19. The topological polar surface area (TPSA) is 63.2 Å². The molecule has 0 aliphatic carbocycles. The number of carbonyl (C=O) groups is 1. The first-order chi connectivity index (χ1) is 10.1. The Morgan fingerprint density at radius 3 is 2.76 bits per heavy atom. The Kier molecular flexibility index (Phi) is 4.61. The molecule has 0 radical (unpaired) electrons. The number of rotatable bonds is 4. The standard InChI is InChI=1S/C16H12BrNO3/c1-10-14(5-6-21-10)16(19)12(9-18)7-11-8-13(17)3-4-15(11)20-2/h3-8H,1-2H3/b12-7+. The lowest BCUT2D eigenvalue weighted by Gasteiger charge is -2.06. The summed E-state index contributed by atoms with van der Waals surface area (Å²) < 4.78 is 11.2. The highest BCUT2D eigenvalue weighted by molar-refractivity contribution is 9.10. The molecule has 106 valence electrons.